The van der Waals surface area contributed by atoms with Crippen LogP contribution in [0.1, 0.15) is 10.4 Å². The molecule has 0 atom stereocenters. The molecule has 0 saturated carbocycles. The summed E-state index contributed by atoms with van der Waals surface area (Å²) in [5.74, 6) is -3.26. The molecule has 3 aromatic rings. The summed E-state index contributed by atoms with van der Waals surface area (Å²) in [6.45, 7) is 0. The Morgan fingerprint density at radius 1 is 0.783 bits per heavy atom. The number of carbonyl (C=O) groups is 1. The van der Waals surface area contributed by atoms with E-state index in [1.54, 1.807) is 36.4 Å². The molecule has 0 heterocycles. The number of carboxylic acids is 1. The molecule has 0 bridgehead atoms. The van der Waals surface area contributed by atoms with Gasteiger partial charge in [0.25, 0.3) is 0 Å². The lowest BCUT2D eigenvalue weighted by atomic mass is 9.90. The summed E-state index contributed by atoms with van der Waals surface area (Å²) < 4.78 is 27.9. The van der Waals surface area contributed by atoms with Crippen molar-refractivity contribution in [2.24, 2.45) is 0 Å². The first-order valence-electron chi connectivity index (χ1n) is 6.95. The monoisotopic (exact) mass is 310 g/mol. The van der Waals surface area contributed by atoms with Crippen LogP contribution in [0.5, 0.6) is 0 Å². The molecule has 0 radical (unpaired) electrons. The molecule has 0 amide bonds. The molecule has 0 saturated heterocycles. The highest BCUT2D eigenvalue weighted by molar-refractivity contribution is 6.01. The molecule has 0 aromatic heterocycles. The first-order valence-corrected chi connectivity index (χ1v) is 6.95. The van der Waals surface area contributed by atoms with E-state index in [-0.39, 0.29) is 16.7 Å². The Kier molecular flexibility index (Phi) is 3.89. The van der Waals surface area contributed by atoms with E-state index < -0.39 is 17.6 Å². The predicted octanol–water partition coefficient (Wildman–Crippen LogP) is 5.00. The minimum atomic E-state index is -1.19. The molecule has 3 aromatic carbocycles. The van der Waals surface area contributed by atoms with E-state index in [9.17, 15) is 18.7 Å². The van der Waals surface area contributed by atoms with E-state index in [0.29, 0.717) is 5.56 Å². The molecule has 4 heteroatoms. The van der Waals surface area contributed by atoms with Gasteiger partial charge in [-0.25, -0.2) is 13.6 Å². The van der Waals surface area contributed by atoms with Crippen LogP contribution in [-0.4, -0.2) is 11.1 Å². The van der Waals surface area contributed by atoms with Gasteiger partial charge in [-0.1, -0.05) is 54.6 Å². The molecule has 3 rings (SSSR count). The maximum Gasteiger partial charge on any atom is 0.336 e. The first kappa shape index (κ1) is 14.9. The van der Waals surface area contributed by atoms with Crippen molar-refractivity contribution >= 4 is 5.97 Å². The summed E-state index contributed by atoms with van der Waals surface area (Å²) >= 11 is 0. The number of carboxylic acid groups (broad SMARTS) is 1. The third kappa shape index (κ3) is 2.71. The Hall–Kier alpha value is -3.01. The fourth-order valence-corrected chi connectivity index (χ4v) is 2.58. The highest BCUT2D eigenvalue weighted by Gasteiger charge is 2.20. The third-order valence-corrected chi connectivity index (χ3v) is 3.60. The van der Waals surface area contributed by atoms with Gasteiger partial charge in [0.05, 0.1) is 5.56 Å². The van der Waals surface area contributed by atoms with Gasteiger partial charge in [0.15, 0.2) is 11.6 Å². The number of rotatable bonds is 3. The lowest BCUT2D eigenvalue weighted by molar-refractivity contribution is 0.0697. The summed E-state index contributed by atoms with van der Waals surface area (Å²) in [7, 11) is 0. The van der Waals surface area contributed by atoms with Gasteiger partial charge in [-0.15, -0.1) is 0 Å². The quantitative estimate of drug-likeness (QED) is 0.739. The van der Waals surface area contributed by atoms with Gasteiger partial charge in [-0.3, -0.25) is 0 Å². The van der Waals surface area contributed by atoms with E-state index in [1.807, 2.05) is 6.07 Å². The summed E-state index contributed by atoms with van der Waals surface area (Å²) in [6, 6.07) is 17.4. The van der Waals surface area contributed by atoms with Crippen LogP contribution in [0.4, 0.5) is 8.78 Å². The first-order chi connectivity index (χ1) is 11.1. The fourth-order valence-electron chi connectivity index (χ4n) is 2.58. The van der Waals surface area contributed by atoms with Crippen molar-refractivity contribution in [1.82, 2.24) is 0 Å². The smallest absolute Gasteiger partial charge is 0.336 e. The Morgan fingerprint density at radius 3 is 2.13 bits per heavy atom. The zero-order chi connectivity index (χ0) is 16.4. The van der Waals surface area contributed by atoms with Gasteiger partial charge in [0, 0.05) is 11.1 Å². The average Bonchev–Trinajstić information content (AvgIpc) is 2.57. The van der Waals surface area contributed by atoms with Gasteiger partial charge < -0.3 is 5.11 Å². The Labute approximate surface area is 131 Å². The molecule has 0 unspecified atom stereocenters. The summed E-state index contributed by atoms with van der Waals surface area (Å²) in [5.41, 5.74) is 1.30. The molecule has 0 aliphatic carbocycles. The van der Waals surface area contributed by atoms with Crippen LogP contribution < -0.4 is 0 Å². The molecule has 23 heavy (non-hydrogen) atoms. The minimum Gasteiger partial charge on any atom is -0.478 e. The highest BCUT2D eigenvalue weighted by Crippen LogP contribution is 2.36. The van der Waals surface area contributed by atoms with Crippen molar-refractivity contribution in [3.05, 3.63) is 83.9 Å². The molecule has 0 aliphatic heterocycles. The van der Waals surface area contributed by atoms with Crippen LogP contribution in [0.25, 0.3) is 22.3 Å². The van der Waals surface area contributed by atoms with Crippen molar-refractivity contribution in [1.29, 1.82) is 0 Å². The second-order valence-corrected chi connectivity index (χ2v) is 5.00. The maximum atomic E-state index is 14.3. The van der Waals surface area contributed by atoms with Gasteiger partial charge in [0.2, 0.25) is 0 Å². The highest BCUT2D eigenvalue weighted by atomic mass is 19.2. The number of halogens is 2. The van der Waals surface area contributed by atoms with Crippen LogP contribution >= 0.6 is 0 Å². The number of hydrogen-bond donors (Lipinski definition) is 1. The molecule has 2 nitrogen and oxygen atoms in total. The zero-order valence-corrected chi connectivity index (χ0v) is 12.0. The Morgan fingerprint density at radius 2 is 1.43 bits per heavy atom. The lowest BCUT2D eigenvalue weighted by Gasteiger charge is -2.14. The summed E-state index contributed by atoms with van der Waals surface area (Å²) in [5, 5.41) is 9.44. The van der Waals surface area contributed by atoms with Crippen molar-refractivity contribution in [3.8, 4) is 22.3 Å². The van der Waals surface area contributed by atoms with Crippen LogP contribution in [0, 0.1) is 11.6 Å². The van der Waals surface area contributed by atoms with E-state index in [2.05, 4.69) is 0 Å². The summed E-state index contributed by atoms with van der Waals surface area (Å²) in [6.07, 6.45) is 0. The summed E-state index contributed by atoms with van der Waals surface area (Å²) in [4.78, 5) is 11.6. The topological polar surface area (TPSA) is 37.3 Å². The van der Waals surface area contributed by atoms with Gasteiger partial charge in [-0.2, -0.15) is 0 Å². The minimum absolute atomic E-state index is 0.0677. The number of hydrogen-bond acceptors (Lipinski definition) is 1. The second kappa shape index (κ2) is 6.01. The Balaban J connectivity index is 2.37. The van der Waals surface area contributed by atoms with Crippen LogP contribution in [0.2, 0.25) is 0 Å². The zero-order valence-electron chi connectivity index (χ0n) is 12.0. The number of aromatic carboxylic acids is 1. The molecule has 0 aliphatic rings. The average molecular weight is 310 g/mol. The van der Waals surface area contributed by atoms with Crippen LogP contribution in [0.3, 0.4) is 0 Å². The maximum absolute atomic E-state index is 14.3. The van der Waals surface area contributed by atoms with Crippen molar-refractivity contribution in [2.45, 2.75) is 0 Å². The van der Waals surface area contributed by atoms with Crippen LogP contribution in [-0.2, 0) is 0 Å². The molecular formula is C19H12F2O2. The van der Waals surface area contributed by atoms with Gasteiger partial charge >= 0.3 is 5.97 Å². The fraction of sp³-hybridized carbons (Fsp3) is 0. The Bertz CT molecular complexity index is 874. The van der Waals surface area contributed by atoms with Crippen LogP contribution in [0.15, 0.2) is 66.7 Å². The normalized spacial score (nSPS) is 10.5. The largest absolute Gasteiger partial charge is 0.478 e. The standard InChI is InChI=1S/C19H12F2O2/c20-16-11-5-9-14(18(16)21)17-13(12-6-2-1-3-7-12)8-4-10-15(17)19(22)23/h1-11H,(H,22,23). The molecular weight excluding hydrogens is 298 g/mol. The molecule has 0 fully saturated rings. The van der Waals surface area contributed by atoms with Crippen molar-refractivity contribution in [3.63, 3.8) is 0 Å². The van der Waals surface area contributed by atoms with Crippen molar-refractivity contribution in [2.75, 3.05) is 0 Å². The third-order valence-electron chi connectivity index (χ3n) is 3.60. The number of benzene rings is 3. The SMILES string of the molecule is O=C(O)c1cccc(-c2ccccc2)c1-c1cccc(F)c1F. The predicted molar refractivity (Wildman–Crippen MR) is 84.2 cm³/mol. The van der Waals surface area contributed by atoms with E-state index in [4.69, 9.17) is 0 Å². The molecule has 1 N–H and O–H groups in total. The molecule has 0 spiro atoms. The van der Waals surface area contributed by atoms with E-state index >= 15 is 0 Å². The second-order valence-electron chi connectivity index (χ2n) is 5.00. The molecule has 114 valence electrons. The lowest BCUT2D eigenvalue weighted by Crippen LogP contribution is -2.03. The van der Waals surface area contributed by atoms with Gasteiger partial charge in [0.1, 0.15) is 0 Å². The van der Waals surface area contributed by atoms with Crippen molar-refractivity contribution < 1.29 is 18.7 Å². The van der Waals surface area contributed by atoms with Gasteiger partial charge in [-0.05, 0) is 23.3 Å². The van der Waals surface area contributed by atoms with E-state index in [1.165, 1.54) is 18.2 Å². The van der Waals surface area contributed by atoms with E-state index in [0.717, 1.165) is 11.6 Å².